The number of halogens is 4. The third-order valence-electron chi connectivity index (χ3n) is 4.02. The number of rotatable bonds is 5. The monoisotopic (exact) mass is 438 g/mol. The molecule has 10 heteroatoms. The fourth-order valence-corrected chi connectivity index (χ4v) is 3.70. The van der Waals surface area contributed by atoms with Gasteiger partial charge in [-0.1, -0.05) is 24.3 Å². The summed E-state index contributed by atoms with van der Waals surface area (Å²) in [6, 6.07) is 13.8. The highest BCUT2D eigenvalue weighted by atomic mass is 32.2. The lowest BCUT2D eigenvalue weighted by atomic mass is 10.1. The van der Waals surface area contributed by atoms with Gasteiger partial charge in [0.15, 0.2) is 0 Å². The van der Waals surface area contributed by atoms with Crippen LogP contribution in [0.3, 0.4) is 0 Å². The van der Waals surface area contributed by atoms with Crippen LogP contribution in [0.15, 0.2) is 77.7 Å². The van der Waals surface area contributed by atoms with E-state index in [1.54, 1.807) is 0 Å². The van der Waals surface area contributed by atoms with Crippen LogP contribution in [0.25, 0.3) is 0 Å². The lowest BCUT2D eigenvalue weighted by Gasteiger charge is -2.15. The van der Waals surface area contributed by atoms with Crippen LogP contribution in [0.1, 0.15) is 15.9 Å². The molecule has 0 aromatic heterocycles. The molecular formula is C20H14F4N2O3S. The summed E-state index contributed by atoms with van der Waals surface area (Å²) in [5, 5.41) is 2.16. The molecule has 0 aliphatic rings. The number of nitrogens with one attached hydrogen (secondary N) is 2. The Bertz CT molecular complexity index is 1180. The Morgan fingerprint density at radius 2 is 1.37 bits per heavy atom. The maximum atomic E-state index is 13.1. The molecule has 0 saturated heterocycles. The lowest BCUT2D eigenvalue weighted by Crippen LogP contribution is -2.20. The summed E-state index contributed by atoms with van der Waals surface area (Å²) < 4.78 is 79.7. The van der Waals surface area contributed by atoms with Crippen molar-refractivity contribution in [3.63, 3.8) is 0 Å². The Morgan fingerprint density at radius 3 is 2.00 bits per heavy atom. The molecule has 0 saturated carbocycles. The van der Waals surface area contributed by atoms with E-state index in [1.165, 1.54) is 36.4 Å². The molecule has 0 aliphatic carbocycles. The molecular weight excluding hydrogens is 424 g/mol. The van der Waals surface area contributed by atoms with Gasteiger partial charge >= 0.3 is 6.18 Å². The van der Waals surface area contributed by atoms with E-state index in [9.17, 15) is 30.8 Å². The van der Waals surface area contributed by atoms with Gasteiger partial charge in [-0.05, 0) is 48.5 Å². The van der Waals surface area contributed by atoms with Gasteiger partial charge in [0.25, 0.3) is 15.9 Å². The van der Waals surface area contributed by atoms with Gasteiger partial charge in [-0.25, -0.2) is 12.8 Å². The molecule has 3 aromatic carbocycles. The Balaban J connectivity index is 1.91. The van der Waals surface area contributed by atoms with Crippen LogP contribution < -0.4 is 10.0 Å². The fraction of sp³-hybridized carbons (Fsp3) is 0.0500. The van der Waals surface area contributed by atoms with E-state index in [4.69, 9.17) is 0 Å². The molecule has 3 rings (SSSR count). The molecule has 5 nitrogen and oxygen atoms in total. The maximum Gasteiger partial charge on any atom is 0.418 e. The van der Waals surface area contributed by atoms with Gasteiger partial charge in [0.1, 0.15) is 5.82 Å². The SMILES string of the molecule is O=C(Nc1ccccc1C(F)(F)F)c1ccccc1NS(=O)(=O)c1ccc(F)cc1. The fourth-order valence-electron chi connectivity index (χ4n) is 2.62. The molecule has 2 N–H and O–H groups in total. The number of sulfonamides is 1. The first-order chi connectivity index (χ1) is 14.1. The highest BCUT2D eigenvalue weighted by Crippen LogP contribution is 2.35. The van der Waals surface area contributed by atoms with Gasteiger partial charge < -0.3 is 5.32 Å². The Morgan fingerprint density at radius 1 is 0.800 bits per heavy atom. The molecule has 0 atom stereocenters. The third-order valence-corrected chi connectivity index (χ3v) is 5.40. The standard InChI is InChI=1S/C20H14F4N2O3S/c21-13-9-11-14(12-10-13)30(28,29)26-17-7-3-1-5-15(17)19(27)25-18-8-4-2-6-16(18)20(22,23)24/h1-12,26H,(H,25,27). The van der Waals surface area contributed by atoms with Crippen molar-refractivity contribution in [3.05, 3.63) is 89.7 Å². The van der Waals surface area contributed by atoms with Crippen molar-refractivity contribution in [1.82, 2.24) is 0 Å². The van der Waals surface area contributed by atoms with E-state index in [2.05, 4.69) is 10.0 Å². The number of alkyl halides is 3. The van der Waals surface area contributed by atoms with E-state index in [1.807, 2.05) is 0 Å². The number of hydrogen-bond donors (Lipinski definition) is 2. The molecule has 0 unspecified atom stereocenters. The summed E-state index contributed by atoms with van der Waals surface area (Å²) in [5.41, 5.74) is -1.85. The second kappa shape index (κ2) is 8.15. The third kappa shape index (κ3) is 4.77. The second-order valence-corrected chi connectivity index (χ2v) is 7.78. The van der Waals surface area contributed by atoms with Crippen molar-refractivity contribution in [2.24, 2.45) is 0 Å². The predicted octanol–water partition coefficient (Wildman–Crippen LogP) is 4.90. The minimum atomic E-state index is -4.69. The highest BCUT2D eigenvalue weighted by Gasteiger charge is 2.33. The largest absolute Gasteiger partial charge is 0.418 e. The average molecular weight is 438 g/mol. The van der Waals surface area contributed by atoms with Crippen LogP contribution in [0.2, 0.25) is 0 Å². The van der Waals surface area contributed by atoms with Crippen LogP contribution in [0.5, 0.6) is 0 Å². The predicted molar refractivity (Wildman–Crippen MR) is 103 cm³/mol. The summed E-state index contributed by atoms with van der Waals surface area (Å²) in [6.45, 7) is 0. The van der Waals surface area contributed by atoms with Crippen LogP contribution in [-0.4, -0.2) is 14.3 Å². The van der Waals surface area contributed by atoms with Crippen molar-refractivity contribution >= 4 is 27.3 Å². The second-order valence-electron chi connectivity index (χ2n) is 6.10. The number of benzene rings is 3. The Labute approximate surface area is 169 Å². The number of anilines is 2. The van der Waals surface area contributed by atoms with Crippen LogP contribution in [0, 0.1) is 5.82 Å². The molecule has 3 aromatic rings. The highest BCUT2D eigenvalue weighted by molar-refractivity contribution is 7.92. The molecule has 30 heavy (non-hydrogen) atoms. The van der Waals surface area contributed by atoms with Gasteiger partial charge in [-0.2, -0.15) is 13.2 Å². The van der Waals surface area contributed by atoms with Gasteiger partial charge in [-0.15, -0.1) is 0 Å². The molecule has 1 amide bonds. The van der Waals surface area contributed by atoms with E-state index in [-0.39, 0.29) is 16.1 Å². The quantitative estimate of drug-likeness (QED) is 0.557. The van der Waals surface area contributed by atoms with Crippen molar-refractivity contribution in [1.29, 1.82) is 0 Å². The van der Waals surface area contributed by atoms with Crippen molar-refractivity contribution < 1.29 is 30.8 Å². The Hall–Kier alpha value is -3.40. The molecule has 0 radical (unpaired) electrons. The summed E-state index contributed by atoms with van der Waals surface area (Å²) >= 11 is 0. The maximum absolute atomic E-state index is 13.1. The number of carbonyl (C=O) groups is 1. The number of amides is 1. The lowest BCUT2D eigenvalue weighted by molar-refractivity contribution is -0.136. The Kier molecular flexibility index (Phi) is 5.79. The minimum Gasteiger partial charge on any atom is -0.321 e. The summed E-state index contributed by atoms with van der Waals surface area (Å²) in [4.78, 5) is 12.4. The summed E-state index contributed by atoms with van der Waals surface area (Å²) in [6.07, 6.45) is -4.69. The van der Waals surface area contributed by atoms with Crippen molar-refractivity contribution in [3.8, 4) is 0 Å². The van der Waals surface area contributed by atoms with Crippen LogP contribution >= 0.6 is 0 Å². The first-order valence-corrected chi connectivity index (χ1v) is 9.91. The van der Waals surface area contributed by atoms with Crippen LogP contribution in [0.4, 0.5) is 28.9 Å². The molecule has 0 bridgehead atoms. The minimum absolute atomic E-state index is 0.149. The molecule has 0 heterocycles. The first-order valence-electron chi connectivity index (χ1n) is 8.43. The van der Waals surface area contributed by atoms with Crippen molar-refractivity contribution in [2.45, 2.75) is 11.1 Å². The number of carbonyl (C=O) groups excluding carboxylic acids is 1. The van der Waals surface area contributed by atoms with E-state index >= 15 is 0 Å². The summed E-state index contributed by atoms with van der Waals surface area (Å²) in [7, 11) is -4.17. The molecule has 0 aliphatic heterocycles. The number of para-hydroxylation sites is 2. The number of hydrogen-bond acceptors (Lipinski definition) is 3. The average Bonchev–Trinajstić information content (AvgIpc) is 2.68. The van der Waals surface area contributed by atoms with Gasteiger partial charge in [-0.3, -0.25) is 9.52 Å². The summed E-state index contributed by atoms with van der Waals surface area (Å²) in [5.74, 6) is -1.57. The van der Waals surface area contributed by atoms with Gasteiger partial charge in [0.05, 0.1) is 27.4 Å². The van der Waals surface area contributed by atoms with Gasteiger partial charge in [0, 0.05) is 0 Å². The zero-order valence-corrected chi connectivity index (χ0v) is 15.9. The first kappa shape index (κ1) is 21.3. The van der Waals surface area contributed by atoms with Crippen molar-refractivity contribution in [2.75, 3.05) is 10.0 Å². The van der Waals surface area contributed by atoms with E-state index < -0.39 is 39.2 Å². The van der Waals surface area contributed by atoms with Gasteiger partial charge in [0.2, 0.25) is 0 Å². The van der Waals surface area contributed by atoms with Crippen LogP contribution in [-0.2, 0) is 16.2 Å². The zero-order valence-electron chi connectivity index (χ0n) is 15.1. The topological polar surface area (TPSA) is 75.3 Å². The molecule has 0 spiro atoms. The van der Waals surface area contributed by atoms with E-state index in [0.29, 0.717) is 0 Å². The van der Waals surface area contributed by atoms with E-state index in [0.717, 1.165) is 36.4 Å². The zero-order chi connectivity index (χ0) is 21.9. The normalized spacial score (nSPS) is 11.7. The molecule has 156 valence electrons. The molecule has 0 fully saturated rings. The smallest absolute Gasteiger partial charge is 0.321 e.